The van der Waals surface area contributed by atoms with E-state index in [4.69, 9.17) is 0 Å². The third-order valence-corrected chi connectivity index (χ3v) is 3.96. The van der Waals surface area contributed by atoms with E-state index in [1.165, 1.54) is 12.8 Å². The summed E-state index contributed by atoms with van der Waals surface area (Å²) in [6, 6.07) is 0.440. The number of amides is 1. The van der Waals surface area contributed by atoms with Gasteiger partial charge in [-0.15, -0.1) is 0 Å². The van der Waals surface area contributed by atoms with E-state index in [-0.39, 0.29) is 5.41 Å². The average molecular weight is 253 g/mol. The fourth-order valence-electron chi connectivity index (χ4n) is 2.92. The molecule has 1 N–H and O–H groups in total. The Labute approximate surface area is 111 Å². The minimum atomic E-state index is -0.244. The number of hydrogen-bond donors (Lipinski definition) is 1. The molecule has 1 amide bonds. The highest BCUT2D eigenvalue weighted by molar-refractivity contribution is 5.82. The fourth-order valence-corrected chi connectivity index (χ4v) is 2.92. The van der Waals surface area contributed by atoms with Crippen LogP contribution in [0.4, 0.5) is 0 Å². The first-order valence-electron chi connectivity index (χ1n) is 7.22. The lowest BCUT2D eigenvalue weighted by Crippen LogP contribution is -2.51. The van der Waals surface area contributed by atoms with Crippen molar-refractivity contribution in [3.8, 4) is 0 Å². The monoisotopic (exact) mass is 253 g/mol. The molecule has 0 aromatic heterocycles. The summed E-state index contributed by atoms with van der Waals surface area (Å²) in [5.41, 5.74) is -0.244. The van der Waals surface area contributed by atoms with Crippen molar-refractivity contribution < 1.29 is 4.79 Å². The Morgan fingerprint density at radius 3 is 2.50 bits per heavy atom. The van der Waals surface area contributed by atoms with Crippen LogP contribution in [0.5, 0.6) is 0 Å². The molecule has 0 bridgehead atoms. The van der Waals surface area contributed by atoms with E-state index in [1.807, 2.05) is 20.8 Å². The first-order valence-corrected chi connectivity index (χ1v) is 7.22. The predicted molar refractivity (Wildman–Crippen MR) is 73.5 cm³/mol. The first-order chi connectivity index (χ1) is 8.48. The van der Waals surface area contributed by atoms with Crippen LogP contribution in [0.15, 0.2) is 0 Å². The van der Waals surface area contributed by atoms with Gasteiger partial charge in [0.1, 0.15) is 0 Å². The molecule has 2 aliphatic rings. The van der Waals surface area contributed by atoms with Gasteiger partial charge in [0.05, 0.1) is 0 Å². The first kappa shape index (κ1) is 13.8. The van der Waals surface area contributed by atoms with Gasteiger partial charge in [0.15, 0.2) is 0 Å². The molecule has 4 heteroatoms. The van der Waals surface area contributed by atoms with Gasteiger partial charge >= 0.3 is 0 Å². The van der Waals surface area contributed by atoms with E-state index < -0.39 is 0 Å². The predicted octanol–water partition coefficient (Wildman–Crippen LogP) is 0.929. The number of nitrogens with one attached hydrogen (secondary N) is 1. The maximum absolute atomic E-state index is 12.4. The van der Waals surface area contributed by atoms with Crippen LogP contribution in [0.2, 0.25) is 0 Å². The van der Waals surface area contributed by atoms with Gasteiger partial charge in [-0.1, -0.05) is 20.8 Å². The zero-order valence-corrected chi connectivity index (χ0v) is 12.0. The van der Waals surface area contributed by atoms with Crippen LogP contribution >= 0.6 is 0 Å². The van der Waals surface area contributed by atoms with E-state index in [0.29, 0.717) is 11.9 Å². The molecule has 18 heavy (non-hydrogen) atoms. The van der Waals surface area contributed by atoms with Gasteiger partial charge in [0.2, 0.25) is 5.91 Å². The zero-order chi connectivity index (χ0) is 13.2. The summed E-state index contributed by atoms with van der Waals surface area (Å²) in [4.78, 5) is 17.0. The zero-order valence-electron chi connectivity index (χ0n) is 12.0. The summed E-state index contributed by atoms with van der Waals surface area (Å²) in [5.74, 6) is 0.320. The van der Waals surface area contributed by atoms with E-state index in [9.17, 15) is 4.79 Å². The van der Waals surface area contributed by atoms with E-state index in [1.54, 1.807) is 0 Å². The summed E-state index contributed by atoms with van der Waals surface area (Å²) in [6.45, 7) is 12.5. The summed E-state index contributed by atoms with van der Waals surface area (Å²) >= 11 is 0. The molecule has 2 rings (SSSR count). The smallest absolute Gasteiger partial charge is 0.228 e. The Balaban J connectivity index is 1.92. The topological polar surface area (TPSA) is 35.6 Å². The second kappa shape index (κ2) is 5.57. The van der Waals surface area contributed by atoms with E-state index in [2.05, 4.69) is 15.1 Å². The van der Waals surface area contributed by atoms with E-state index in [0.717, 1.165) is 39.3 Å². The quantitative estimate of drug-likeness (QED) is 0.795. The molecular weight excluding hydrogens is 226 g/mol. The molecule has 2 saturated heterocycles. The lowest BCUT2D eigenvalue weighted by molar-refractivity contribution is -0.140. The van der Waals surface area contributed by atoms with Crippen LogP contribution in [0.25, 0.3) is 0 Å². The fraction of sp³-hybridized carbons (Fsp3) is 0.929. The average Bonchev–Trinajstić information content (AvgIpc) is 2.76. The Morgan fingerprint density at radius 2 is 1.89 bits per heavy atom. The lowest BCUT2D eigenvalue weighted by atomic mass is 9.94. The lowest BCUT2D eigenvalue weighted by Gasteiger charge is -2.35. The number of hydrogen-bond acceptors (Lipinski definition) is 3. The largest absolute Gasteiger partial charge is 0.338 e. The number of piperazine rings is 1. The number of carbonyl (C=O) groups excluding carboxylic acids is 1. The number of likely N-dealkylation sites (tertiary alicyclic amines) is 1. The third-order valence-electron chi connectivity index (χ3n) is 3.96. The van der Waals surface area contributed by atoms with Gasteiger partial charge in [-0.3, -0.25) is 9.69 Å². The van der Waals surface area contributed by atoms with Crippen LogP contribution in [-0.2, 0) is 4.79 Å². The second-order valence-corrected chi connectivity index (χ2v) is 6.60. The van der Waals surface area contributed by atoms with Crippen molar-refractivity contribution in [3.63, 3.8) is 0 Å². The molecule has 4 nitrogen and oxygen atoms in total. The summed E-state index contributed by atoms with van der Waals surface area (Å²) in [5, 5.41) is 3.38. The maximum Gasteiger partial charge on any atom is 0.228 e. The molecule has 0 spiro atoms. The van der Waals surface area contributed by atoms with Crippen molar-refractivity contribution in [3.05, 3.63) is 0 Å². The van der Waals surface area contributed by atoms with Gasteiger partial charge < -0.3 is 10.2 Å². The Bertz CT molecular complexity index is 292. The number of rotatable bonds is 2. The van der Waals surface area contributed by atoms with Crippen molar-refractivity contribution in [2.45, 2.75) is 39.7 Å². The Morgan fingerprint density at radius 1 is 1.22 bits per heavy atom. The SMILES string of the molecule is CC(C)(C)C(=O)N1CCCC1CN1CCNCC1. The molecule has 0 radical (unpaired) electrons. The van der Waals surface area contributed by atoms with Crippen LogP contribution < -0.4 is 5.32 Å². The number of nitrogens with zero attached hydrogens (tertiary/aromatic N) is 2. The third kappa shape index (κ3) is 3.23. The summed E-state index contributed by atoms with van der Waals surface area (Å²) in [7, 11) is 0. The van der Waals surface area contributed by atoms with Gasteiger partial charge in [-0.25, -0.2) is 0 Å². The molecule has 2 heterocycles. The number of carbonyl (C=O) groups is 1. The minimum Gasteiger partial charge on any atom is -0.338 e. The van der Waals surface area contributed by atoms with E-state index >= 15 is 0 Å². The Hall–Kier alpha value is -0.610. The molecule has 1 unspecified atom stereocenters. The van der Waals surface area contributed by atoms with Crippen molar-refractivity contribution in [2.24, 2.45) is 5.41 Å². The van der Waals surface area contributed by atoms with Crippen LogP contribution in [-0.4, -0.2) is 61.0 Å². The molecule has 0 aliphatic carbocycles. The van der Waals surface area contributed by atoms with Crippen molar-refractivity contribution in [2.75, 3.05) is 39.3 Å². The molecule has 1 atom stereocenters. The normalized spacial score (nSPS) is 26.6. The molecule has 0 saturated carbocycles. The van der Waals surface area contributed by atoms with Gasteiger partial charge in [0, 0.05) is 50.7 Å². The maximum atomic E-state index is 12.4. The Kier molecular flexibility index (Phi) is 4.28. The second-order valence-electron chi connectivity index (χ2n) is 6.60. The van der Waals surface area contributed by atoms with Gasteiger partial charge in [0.25, 0.3) is 0 Å². The summed E-state index contributed by atoms with van der Waals surface area (Å²) < 4.78 is 0. The molecule has 2 fully saturated rings. The molecule has 0 aromatic carbocycles. The molecule has 0 aromatic rings. The standard InChI is InChI=1S/C14H27N3O/c1-14(2,3)13(18)17-8-4-5-12(17)11-16-9-6-15-7-10-16/h12,15H,4-11H2,1-3H3. The van der Waals surface area contributed by atoms with Gasteiger partial charge in [-0.05, 0) is 12.8 Å². The molecular formula is C14H27N3O. The van der Waals surface area contributed by atoms with Crippen LogP contribution in [0.3, 0.4) is 0 Å². The van der Waals surface area contributed by atoms with Crippen LogP contribution in [0.1, 0.15) is 33.6 Å². The van der Waals surface area contributed by atoms with Crippen molar-refractivity contribution >= 4 is 5.91 Å². The molecule has 2 aliphatic heterocycles. The van der Waals surface area contributed by atoms with Gasteiger partial charge in [-0.2, -0.15) is 0 Å². The van der Waals surface area contributed by atoms with Crippen molar-refractivity contribution in [1.29, 1.82) is 0 Å². The summed E-state index contributed by atoms with van der Waals surface area (Å²) in [6.07, 6.45) is 2.34. The highest BCUT2D eigenvalue weighted by Gasteiger charge is 2.35. The van der Waals surface area contributed by atoms with Crippen LogP contribution in [0, 0.1) is 5.41 Å². The highest BCUT2D eigenvalue weighted by atomic mass is 16.2. The molecule has 104 valence electrons. The highest BCUT2D eigenvalue weighted by Crippen LogP contribution is 2.25. The minimum absolute atomic E-state index is 0.244. The van der Waals surface area contributed by atoms with Crippen molar-refractivity contribution in [1.82, 2.24) is 15.1 Å².